The first-order valence-electron chi connectivity index (χ1n) is 17.9. The Labute approximate surface area is 269 Å². The smallest absolute Gasteiger partial charge is 0.465 e. The highest BCUT2D eigenvalue weighted by atomic mass is 16.7. The van der Waals surface area contributed by atoms with Crippen molar-refractivity contribution in [3.63, 3.8) is 0 Å². The number of carbonyl (C=O) groups is 1. The highest BCUT2D eigenvalue weighted by Gasteiger charge is 2.59. The first-order chi connectivity index (χ1) is 20.5. The molecule has 1 unspecified atom stereocenters. The molecule has 3 saturated carbocycles. The van der Waals surface area contributed by atoms with Crippen LogP contribution in [0.1, 0.15) is 133 Å². The zero-order chi connectivity index (χ0) is 32.5. The summed E-state index contributed by atoms with van der Waals surface area (Å²) in [5, 5.41) is 20.8. The summed E-state index contributed by atoms with van der Waals surface area (Å²) in [5.74, 6) is 7.17. The topological polar surface area (TPSA) is 88.0 Å². The zero-order valence-electron chi connectivity index (χ0n) is 29.5. The van der Waals surface area contributed by atoms with Crippen LogP contribution in [0.2, 0.25) is 0 Å². The molecule has 0 spiro atoms. The second-order valence-electron chi connectivity index (χ2n) is 16.9. The van der Waals surface area contributed by atoms with Gasteiger partial charge in [-0.05, 0) is 125 Å². The van der Waals surface area contributed by atoms with Crippen molar-refractivity contribution in [2.45, 2.75) is 150 Å². The number of hydrogen-bond acceptors (Lipinski definition) is 4. The second kappa shape index (κ2) is 13.8. The molecule has 5 aliphatic rings. The normalized spacial score (nSPS) is 37.8. The fourth-order valence-corrected chi connectivity index (χ4v) is 9.96. The Balaban J connectivity index is 0.000000236. The van der Waals surface area contributed by atoms with Gasteiger partial charge >= 0.3 is 13.2 Å². The number of fused-ring (bicyclic) bond motifs is 5. The van der Waals surface area contributed by atoms with E-state index in [-0.39, 0.29) is 23.9 Å². The van der Waals surface area contributed by atoms with Gasteiger partial charge in [-0.3, -0.25) is 0 Å². The van der Waals surface area contributed by atoms with E-state index in [0.29, 0.717) is 10.8 Å². The fourth-order valence-electron chi connectivity index (χ4n) is 9.96. The number of allylic oxidation sites excluding steroid dienone is 1. The number of amides is 1. The molecule has 4 aliphatic carbocycles. The van der Waals surface area contributed by atoms with E-state index < -0.39 is 13.2 Å². The maximum atomic E-state index is 10.2. The van der Waals surface area contributed by atoms with Crippen LogP contribution in [0.15, 0.2) is 23.7 Å². The van der Waals surface area contributed by atoms with Gasteiger partial charge in [-0.2, -0.15) is 0 Å². The second-order valence-corrected chi connectivity index (χ2v) is 16.9. The summed E-state index contributed by atoms with van der Waals surface area (Å²) in [6.45, 7) is 20.7. The van der Waals surface area contributed by atoms with E-state index in [4.69, 9.17) is 14.4 Å². The molecule has 1 aliphatic heterocycles. The van der Waals surface area contributed by atoms with Crippen LogP contribution >= 0.6 is 0 Å². The Morgan fingerprint density at radius 2 is 1.68 bits per heavy atom. The Kier molecular flexibility index (Phi) is 11.2. The SMILES string of the molecule is CC(C)CCCC(C)[C@H]1CC[C@H]2[C@@H]3CC=C4C[C@@H](O)CC[C@]4(C)[C@H]3CC[C@]12C.CC1(C)OB(C=CCNC(=O)O)OC1(C)C. The quantitative estimate of drug-likeness (QED) is 0.188. The summed E-state index contributed by atoms with van der Waals surface area (Å²) in [4.78, 5) is 10.2. The molecule has 250 valence electrons. The van der Waals surface area contributed by atoms with Gasteiger partial charge in [0.25, 0.3) is 0 Å². The van der Waals surface area contributed by atoms with Crippen molar-refractivity contribution < 1.29 is 24.3 Å². The van der Waals surface area contributed by atoms with Crippen LogP contribution < -0.4 is 5.32 Å². The van der Waals surface area contributed by atoms with E-state index in [1.54, 1.807) is 17.6 Å². The molecule has 6 nitrogen and oxygen atoms in total. The third-order valence-corrected chi connectivity index (χ3v) is 13.2. The highest BCUT2D eigenvalue weighted by molar-refractivity contribution is 6.51. The van der Waals surface area contributed by atoms with Gasteiger partial charge in [-0.15, -0.1) is 0 Å². The summed E-state index contributed by atoms with van der Waals surface area (Å²) in [5.41, 5.74) is 1.89. The molecule has 1 heterocycles. The van der Waals surface area contributed by atoms with E-state index >= 15 is 0 Å². The molecule has 0 aromatic carbocycles. The molecule has 5 rings (SSSR count). The summed E-state index contributed by atoms with van der Waals surface area (Å²) in [6.07, 6.45) is 17.8. The van der Waals surface area contributed by atoms with Gasteiger partial charge in [0.15, 0.2) is 0 Å². The predicted octanol–water partition coefficient (Wildman–Crippen LogP) is 8.83. The van der Waals surface area contributed by atoms with E-state index in [1.807, 2.05) is 27.7 Å². The molecule has 3 N–H and O–H groups in total. The summed E-state index contributed by atoms with van der Waals surface area (Å²) >= 11 is 0. The molecule has 4 fully saturated rings. The molecular formula is C37H64BNO5. The van der Waals surface area contributed by atoms with Gasteiger partial charge in [0.05, 0.1) is 17.3 Å². The highest BCUT2D eigenvalue weighted by Crippen LogP contribution is 2.67. The molecule has 0 bridgehead atoms. The molecular weight excluding hydrogens is 549 g/mol. The molecule has 1 amide bonds. The van der Waals surface area contributed by atoms with Crippen LogP contribution in [-0.4, -0.2) is 47.3 Å². The van der Waals surface area contributed by atoms with Crippen molar-refractivity contribution in [1.29, 1.82) is 0 Å². The summed E-state index contributed by atoms with van der Waals surface area (Å²) in [7, 11) is -0.416. The Morgan fingerprint density at radius 3 is 2.32 bits per heavy atom. The molecule has 0 aromatic rings. The lowest BCUT2D eigenvalue weighted by Gasteiger charge is -2.58. The molecule has 7 heteroatoms. The first-order valence-corrected chi connectivity index (χ1v) is 17.9. The minimum atomic E-state index is -1.04. The molecule has 44 heavy (non-hydrogen) atoms. The number of carboxylic acid groups (broad SMARTS) is 1. The van der Waals surface area contributed by atoms with Gasteiger partial charge in [-0.25, -0.2) is 4.79 Å². The van der Waals surface area contributed by atoms with Crippen LogP contribution in [0.3, 0.4) is 0 Å². The monoisotopic (exact) mass is 613 g/mol. The van der Waals surface area contributed by atoms with Crippen molar-refractivity contribution in [3.05, 3.63) is 23.7 Å². The number of aliphatic hydroxyl groups excluding tert-OH is 1. The number of rotatable bonds is 8. The van der Waals surface area contributed by atoms with Crippen LogP contribution in [0.5, 0.6) is 0 Å². The maximum absolute atomic E-state index is 10.2. The lowest BCUT2D eigenvalue weighted by atomic mass is 9.47. The molecule has 0 aromatic heterocycles. The standard InChI is InChI=1S/C27H46O.C10H18BNO4/c1-18(2)7-6-8-19(3)23-11-12-24-22-10-9-20-17-21(28)13-15-26(20,4)25(22)14-16-27(23,24)5;1-9(2)10(3,4)16-11(15-9)6-5-7-12-8(13)14/h9,18-19,21-25,28H,6-8,10-17H2,1-5H3;5-6,12H,7H2,1-4H3,(H,13,14)/t19?,21-,22-,23+,24-,25-,26-,27+;/m0./s1. The largest absolute Gasteiger partial charge is 0.486 e. The summed E-state index contributed by atoms with van der Waals surface area (Å²) < 4.78 is 11.4. The molecule has 0 radical (unpaired) electrons. The number of hydrogen-bond donors (Lipinski definition) is 3. The summed E-state index contributed by atoms with van der Waals surface area (Å²) in [6, 6.07) is 0. The fraction of sp³-hybridized carbons (Fsp3) is 0.865. The third-order valence-electron chi connectivity index (χ3n) is 13.2. The Hall–Kier alpha value is -1.31. The molecule has 1 saturated heterocycles. The van der Waals surface area contributed by atoms with Crippen LogP contribution in [0.4, 0.5) is 4.79 Å². The zero-order valence-corrected chi connectivity index (χ0v) is 29.5. The number of aliphatic hydroxyl groups is 1. The predicted molar refractivity (Wildman–Crippen MR) is 180 cm³/mol. The maximum Gasteiger partial charge on any atom is 0.486 e. The number of nitrogens with one attached hydrogen (secondary N) is 1. The minimum absolute atomic E-state index is 0.0766. The van der Waals surface area contributed by atoms with Gasteiger partial charge in [0.2, 0.25) is 0 Å². The van der Waals surface area contributed by atoms with Gasteiger partial charge in [0, 0.05) is 6.54 Å². The van der Waals surface area contributed by atoms with Crippen molar-refractivity contribution in [1.82, 2.24) is 5.32 Å². The average molecular weight is 614 g/mol. The van der Waals surface area contributed by atoms with E-state index in [9.17, 15) is 9.90 Å². The van der Waals surface area contributed by atoms with E-state index in [1.165, 1.54) is 57.8 Å². The van der Waals surface area contributed by atoms with Crippen molar-refractivity contribution in [2.75, 3.05) is 6.54 Å². The van der Waals surface area contributed by atoms with Gasteiger partial charge in [0.1, 0.15) is 0 Å². The van der Waals surface area contributed by atoms with Crippen LogP contribution in [0.25, 0.3) is 0 Å². The van der Waals surface area contributed by atoms with Crippen molar-refractivity contribution >= 4 is 13.2 Å². The Bertz CT molecular complexity index is 1040. The minimum Gasteiger partial charge on any atom is -0.465 e. The third kappa shape index (κ3) is 7.46. The van der Waals surface area contributed by atoms with E-state index in [2.05, 4.69) is 46.0 Å². The van der Waals surface area contributed by atoms with Crippen molar-refractivity contribution in [2.24, 2.45) is 46.3 Å². The van der Waals surface area contributed by atoms with Gasteiger partial charge < -0.3 is 24.8 Å². The Morgan fingerprint density at radius 1 is 1.00 bits per heavy atom. The van der Waals surface area contributed by atoms with Crippen LogP contribution in [0, 0.1) is 46.3 Å². The molecule has 8 atom stereocenters. The van der Waals surface area contributed by atoms with E-state index in [0.717, 1.165) is 48.3 Å². The van der Waals surface area contributed by atoms with Gasteiger partial charge in [-0.1, -0.05) is 77.6 Å². The lowest BCUT2D eigenvalue weighted by molar-refractivity contribution is -0.0573. The first kappa shape index (κ1) is 35.5. The van der Waals surface area contributed by atoms with Crippen molar-refractivity contribution in [3.8, 4) is 0 Å². The average Bonchev–Trinajstić information content (AvgIpc) is 3.38. The lowest BCUT2D eigenvalue weighted by Crippen LogP contribution is -2.50. The van der Waals surface area contributed by atoms with Crippen LogP contribution in [-0.2, 0) is 9.31 Å².